The van der Waals surface area contributed by atoms with Crippen LogP contribution in [0.2, 0.25) is 0 Å². The minimum absolute atomic E-state index is 0.402. The number of aliphatic hydroxyl groups is 1. The maximum absolute atomic E-state index is 12.5. The summed E-state index contributed by atoms with van der Waals surface area (Å²) in [6.45, 7) is 0.151. The molecule has 1 unspecified atom stereocenters. The van der Waals surface area contributed by atoms with Crippen molar-refractivity contribution in [2.45, 2.75) is 6.04 Å². The van der Waals surface area contributed by atoms with Crippen molar-refractivity contribution >= 4 is 39.6 Å². The molecule has 124 valence electrons. The van der Waals surface area contributed by atoms with E-state index in [1.165, 1.54) is 18.0 Å². The number of aliphatic imine (C=N–C) groups is 1. The third kappa shape index (κ3) is 3.55. The predicted molar refractivity (Wildman–Crippen MR) is 93.0 cm³/mol. The first kappa shape index (κ1) is 16.4. The van der Waals surface area contributed by atoms with Crippen molar-refractivity contribution in [3.8, 4) is 0 Å². The van der Waals surface area contributed by atoms with Crippen LogP contribution in [0, 0.1) is 0 Å². The Kier molecular flexibility index (Phi) is 5.07. The number of amidine groups is 1. The molecule has 3 N–H and O–H groups in total. The second-order valence-corrected chi connectivity index (χ2v) is 6.19. The number of carbonyl (C=O) groups is 2. The number of benzene rings is 1. The lowest BCUT2D eigenvalue weighted by atomic mass is 10.1. The molecule has 0 saturated heterocycles. The highest BCUT2D eigenvalue weighted by atomic mass is 32.2. The van der Waals surface area contributed by atoms with E-state index in [2.05, 4.69) is 20.6 Å². The highest BCUT2D eigenvalue weighted by Gasteiger charge is 2.23. The highest BCUT2D eigenvalue weighted by molar-refractivity contribution is 8.14. The second kappa shape index (κ2) is 7.41. The number of pyridine rings is 1. The number of amides is 2. The second-order valence-electron chi connectivity index (χ2n) is 5.11. The van der Waals surface area contributed by atoms with Crippen molar-refractivity contribution in [3.05, 3.63) is 42.1 Å². The summed E-state index contributed by atoms with van der Waals surface area (Å²) in [4.78, 5) is 33.0. The van der Waals surface area contributed by atoms with Crippen LogP contribution >= 0.6 is 11.8 Å². The van der Waals surface area contributed by atoms with Crippen LogP contribution in [0.25, 0.3) is 10.9 Å². The quantitative estimate of drug-likeness (QED) is 0.751. The van der Waals surface area contributed by atoms with Gasteiger partial charge in [0, 0.05) is 17.3 Å². The van der Waals surface area contributed by atoms with Gasteiger partial charge >= 0.3 is 0 Å². The number of hydrogen-bond donors (Lipinski definition) is 3. The topological polar surface area (TPSA) is 104 Å². The minimum atomic E-state index is -1.05. The molecule has 2 aromatic rings. The fourth-order valence-corrected chi connectivity index (χ4v) is 3.06. The fourth-order valence-electron chi connectivity index (χ4n) is 2.33. The van der Waals surface area contributed by atoms with Gasteiger partial charge in [-0.1, -0.05) is 30.0 Å². The molecule has 0 saturated carbocycles. The Bertz CT molecular complexity index is 804. The summed E-state index contributed by atoms with van der Waals surface area (Å²) in [6, 6.07) is 7.77. The number of aromatic nitrogens is 1. The smallest absolute Gasteiger partial charge is 0.252 e. The molecule has 2 heterocycles. The van der Waals surface area contributed by atoms with Crippen LogP contribution in [0.4, 0.5) is 0 Å². The van der Waals surface area contributed by atoms with E-state index in [9.17, 15) is 14.7 Å². The Morgan fingerprint density at radius 1 is 1.29 bits per heavy atom. The van der Waals surface area contributed by atoms with E-state index in [1.54, 1.807) is 18.2 Å². The number of rotatable bonds is 4. The minimum Gasteiger partial charge on any atom is -0.394 e. The van der Waals surface area contributed by atoms with Crippen LogP contribution in [0.5, 0.6) is 0 Å². The van der Waals surface area contributed by atoms with Crippen molar-refractivity contribution in [2.24, 2.45) is 4.99 Å². The average Bonchev–Trinajstić information content (AvgIpc) is 3.11. The van der Waals surface area contributed by atoms with E-state index in [-0.39, 0.29) is 0 Å². The lowest BCUT2D eigenvalue weighted by molar-refractivity contribution is -0.122. The molecule has 0 bridgehead atoms. The zero-order valence-corrected chi connectivity index (χ0v) is 13.5. The Morgan fingerprint density at radius 3 is 2.88 bits per heavy atom. The summed E-state index contributed by atoms with van der Waals surface area (Å²) >= 11 is 1.43. The van der Waals surface area contributed by atoms with Crippen molar-refractivity contribution < 1.29 is 14.7 Å². The van der Waals surface area contributed by atoms with Gasteiger partial charge in [-0.15, -0.1) is 0 Å². The van der Waals surface area contributed by atoms with Crippen LogP contribution in [0.1, 0.15) is 10.4 Å². The summed E-state index contributed by atoms with van der Waals surface area (Å²) in [7, 11) is 0. The molecular formula is C16H16N4O3S. The van der Waals surface area contributed by atoms with Crippen molar-refractivity contribution in [2.75, 3.05) is 18.9 Å². The van der Waals surface area contributed by atoms with E-state index in [0.29, 0.717) is 28.2 Å². The Balaban J connectivity index is 1.75. The standard InChI is InChI=1S/C16H16N4O3S/c21-9-13(15(23)20-16-18-7-8-24-16)19-14(22)11-5-6-17-12-4-2-1-3-10(11)12/h1-6,13,21H,7-9H2,(H,19,22)(H,18,20,23). The molecule has 1 aromatic heterocycles. The molecule has 1 atom stereocenters. The zero-order valence-electron chi connectivity index (χ0n) is 12.7. The van der Waals surface area contributed by atoms with Gasteiger partial charge in [0.25, 0.3) is 11.8 Å². The van der Waals surface area contributed by atoms with Crippen LogP contribution < -0.4 is 10.6 Å². The number of aliphatic hydroxyl groups excluding tert-OH is 1. The highest BCUT2D eigenvalue weighted by Crippen LogP contribution is 2.16. The first-order valence-electron chi connectivity index (χ1n) is 7.42. The van der Waals surface area contributed by atoms with E-state index >= 15 is 0 Å². The summed E-state index contributed by atoms with van der Waals surface area (Å²) in [5, 5.41) is 15.8. The Labute approximate surface area is 142 Å². The number of fused-ring (bicyclic) bond motifs is 1. The maximum Gasteiger partial charge on any atom is 0.252 e. The molecule has 1 aromatic carbocycles. The number of para-hydroxylation sites is 1. The summed E-state index contributed by atoms with van der Waals surface area (Å²) in [5.74, 6) is -0.115. The molecule has 0 fully saturated rings. The van der Waals surface area contributed by atoms with Crippen LogP contribution in [0.15, 0.2) is 41.5 Å². The Hall–Kier alpha value is -2.45. The SMILES string of the molecule is O=C(NC(CO)C(=O)NC1=NCCS1)c1ccnc2ccccc12. The number of nitrogens with zero attached hydrogens (tertiary/aromatic N) is 2. The lowest BCUT2D eigenvalue weighted by Crippen LogP contribution is -2.49. The number of hydrogen-bond acceptors (Lipinski definition) is 6. The van der Waals surface area contributed by atoms with Crippen LogP contribution in [-0.2, 0) is 4.79 Å². The van der Waals surface area contributed by atoms with Gasteiger partial charge in [0.05, 0.1) is 24.2 Å². The molecule has 24 heavy (non-hydrogen) atoms. The monoisotopic (exact) mass is 344 g/mol. The molecule has 0 spiro atoms. The Morgan fingerprint density at radius 2 is 2.12 bits per heavy atom. The fraction of sp³-hybridized carbons (Fsp3) is 0.250. The van der Waals surface area contributed by atoms with Gasteiger partial charge in [0.1, 0.15) is 6.04 Å². The van der Waals surface area contributed by atoms with E-state index in [0.717, 1.165) is 5.75 Å². The predicted octanol–water partition coefficient (Wildman–Crippen LogP) is 0.545. The molecule has 8 heteroatoms. The maximum atomic E-state index is 12.5. The normalized spacial score (nSPS) is 15.0. The van der Waals surface area contributed by atoms with Gasteiger partial charge < -0.3 is 15.7 Å². The number of carbonyl (C=O) groups excluding carboxylic acids is 2. The molecule has 7 nitrogen and oxygen atoms in total. The third-order valence-electron chi connectivity index (χ3n) is 3.51. The molecular weight excluding hydrogens is 328 g/mol. The van der Waals surface area contributed by atoms with E-state index in [4.69, 9.17) is 0 Å². The molecule has 2 amide bonds. The molecule has 3 rings (SSSR count). The first-order valence-corrected chi connectivity index (χ1v) is 8.41. The van der Waals surface area contributed by atoms with Crippen molar-refractivity contribution in [3.63, 3.8) is 0 Å². The largest absolute Gasteiger partial charge is 0.394 e. The van der Waals surface area contributed by atoms with Crippen LogP contribution in [0.3, 0.4) is 0 Å². The van der Waals surface area contributed by atoms with Crippen molar-refractivity contribution in [1.29, 1.82) is 0 Å². The molecule has 1 aliphatic heterocycles. The van der Waals surface area contributed by atoms with E-state index in [1.807, 2.05) is 12.1 Å². The van der Waals surface area contributed by atoms with E-state index < -0.39 is 24.5 Å². The molecule has 1 aliphatic rings. The zero-order chi connectivity index (χ0) is 16.9. The van der Waals surface area contributed by atoms with Gasteiger partial charge in [0.2, 0.25) is 0 Å². The summed E-state index contributed by atoms with van der Waals surface area (Å²) in [5.41, 5.74) is 1.09. The van der Waals surface area contributed by atoms with Gasteiger partial charge in [-0.05, 0) is 12.1 Å². The van der Waals surface area contributed by atoms with Crippen LogP contribution in [-0.4, -0.2) is 52.0 Å². The number of nitrogens with one attached hydrogen (secondary N) is 2. The lowest BCUT2D eigenvalue weighted by Gasteiger charge is -2.16. The molecule has 0 aliphatic carbocycles. The first-order chi connectivity index (χ1) is 11.7. The average molecular weight is 344 g/mol. The van der Waals surface area contributed by atoms with Gasteiger partial charge in [0.15, 0.2) is 5.17 Å². The summed E-state index contributed by atoms with van der Waals surface area (Å²) < 4.78 is 0. The van der Waals surface area contributed by atoms with Gasteiger partial charge in [-0.25, -0.2) is 0 Å². The third-order valence-corrected chi connectivity index (χ3v) is 4.40. The van der Waals surface area contributed by atoms with Gasteiger partial charge in [-0.3, -0.25) is 19.6 Å². The van der Waals surface area contributed by atoms with Gasteiger partial charge in [-0.2, -0.15) is 0 Å². The number of thioether (sulfide) groups is 1. The summed E-state index contributed by atoms with van der Waals surface area (Å²) in [6.07, 6.45) is 1.54. The molecule has 0 radical (unpaired) electrons. The van der Waals surface area contributed by atoms with Crippen molar-refractivity contribution in [1.82, 2.24) is 15.6 Å².